The van der Waals surface area contributed by atoms with Gasteiger partial charge in [-0.05, 0) is 59.0 Å². The van der Waals surface area contributed by atoms with Crippen molar-refractivity contribution in [3.8, 4) is 0 Å². The normalized spacial score (nSPS) is 12.7. The number of benzene rings is 1. The van der Waals surface area contributed by atoms with Gasteiger partial charge in [0.1, 0.15) is 0 Å². The lowest BCUT2D eigenvalue weighted by molar-refractivity contribution is 0.0862. The van der Waals surface area contributed by atoms with Gasteiger partial charge in [-0.2, -0.15) is 0 Å². The Bertz CT molecular complexity index is 594. The molecular formula is C15H15Br2NOS. The van der Waals surface area contributed by atoms with E-state index in [2.05, 4.69) is 48.2 Å². The molecule has 0 aliphatic heterocycles. The summed E-state index contributed by atoms with van der Waals surface area (Å²) in [5, 5.41) is 2.11. The molecule has 0 amide bonds. The monoisotopic (exact) mass is 415 g/mol. The summed E-state index contributed by atoms with van der Waals surface area (Å²) in [6, 6.07) is 9.47. The minimum Gasteiger partial charge on any atom is -0.292 e. The number of likely N-dealkylation sites (N-methyl/N-ethyl adjacent to an activating group) is 1. The topological polar surface area (TPSA) is 20.3 Å². The van der Waals surface area contributed by atoms with E-state index >= 15 is 0 Å². The molecule has 0 fully saturated rings. The molecule has 1 unspecified atom stereocenters. The van der Waals surface area contributed by atoms with Crippen LogP contribution < -0.4 is 0 Å². The van der Waals surface area contributed by atoms with Gasteiger partial charge in [0.2, 0.25) is 0 Å². The average Bonchev–Trinajstić information content (AvgIpc) is 2.83. The van der Waals surface area contributed by atoms with E-state index < -0.39 is 0 Å². The molecule has 0 aliphatic carbocycles. The molecule has 2 nitrogen and oxygen atoms in total. The third-order valence-corrected chi connectivity index (χ3v) is 5.31. The molecule has 20 heavy (non-hydrogen) atoms. The van der Waals surface area contributed by atoms with Gasteiger partial charge in [0.15, 0.2) is 5.78 Å². The van der Waals surface area contributed by atoms with Crippen LogP contribution in [0.4, 0.5) is 0 Å². The van der Waals surface area contributed by atoms with Crippen LogP contribution in [0.25, 0.3) is 0 Å². The number of hydrogen-bond donors (Lipinski definition) is 0. The van der Waals surface area contributed by atoms with Crippen molar-refractivity contribution in [3.63, 3.8) is 0 Å². The third kappa shape index (κ3) is 4.01. The summed E-state index contributed by atoms with van der Waals surface area (Å²) in [6.45, 7) is 2.72. The van der Waals surface area contributed by atoms with Crippen molar-refractivity contribution in [2.75, 3.05) is 7.05 Å². The molecule has 0 saturated carbocycles. The van der Waals surface area contributed by atoms with Crippen LogP contribution in [-0.2, 0) is 6.54 Å². The molecule has 0 saturated heterocycles. The first-order chi connectivity index (χ1) is 9.47. The van der Waals surface area contributed by atoms with Crippen molar-refractivity contribution >= 4 is 49.0 Å². The highest BCUT2D eigenvalue weighted by Crippen LogP contribution is 2.22. The van der Waals surface area contributed by atoms with Crippen molar-refractivity contribution in [2.24, 2.45) is 0 Å². The average molecular weight is 417 g/mol. The van der Waals surface area contributed by atoms with Gasteiger partial charge in [0, 0.05) is 16.6 Å². The molecule has 2 aromatic rings. The van der Waals surface area contributed by atoms with Crippen LogP contribution in [0.15, 0.2) is 44.0 Å². The third-order valence-electron chi connectivity index (χ3n) is 3.22. The van der Waals surface area contributed by atoms with E-state index in [9.17, 15) is 4.79 Å². The largest absolute Gasteiger partial charge is 0.292 e. The molecule has 0 N–H and O–H groups in total. The quantitative estimate of drug-likeness (QED) is 0.640. The van der Waals surface area contributed by atoms with Crippen LogP contribution in [0.2, 0.25) is 0 Å². The lowest BCUT2D eigenvalue weighted by Gasteiger charge is -2.23. The van der Waals surface area contributed by atoms with E-state index in [1.165, 1.54) is 5.56 Å². The highest BCUT2D eigenvalue weighted by Gasteiger charge is 2.19. The smallest absolute Gasteiger partial charge is 0.179 e. The molecule has 0 aliphatic rings. The molecule has 106 valence electrons. The summed E-state index contributed by atoms with van der Waals surface area (Å²) in [4.78, 5) is 14.5. The first-order valence-electron chi connectivity index (χ1n) is 6.20. The molecule has 2 rings (SSSR count). The number of hydrogen-bond acceptors (Lipinski definition) is 3. The Labute approximate surface area is 140 Å². The molecule has 0 spiro atoms. The summed E-state index contributed by atoms with van der Waals surface area (Å²) in [5.74, 6) is 0.147. The summed E-state index contributed by atoms with van der Waals surface area (Å²) in [7, 11) is 1.98. The second-order valence-electron chi connectivity index (χ2n) is 4.72. The maximum atomic E-state index is 12.4. The van der Waals surface area contributed by atoms with E-state index in [1.807, 2.05) is 38.2 Å². The Morgan fingerprint density at radius 1 is 1.30 bits per heavy atom. The van der Waals surface area contributed by atoms with Gasteiger partial charge in [0.25, 0.3) is 0 Å². The zero-order chi connectivity index (χ0) is 14.7. The number of thiophene rings is 1. The molecule has 0 bridgehead atoms. The van der Waals surface area contributed by atoms with Gasteiger partial charge in [-0.25, -0.2) is 0 Å². The minimum atomic E-state index is -0.144. The SMILES string of the molecule is CC(C(=O)c1ccc(Br)cc1)N(C)Cc1csc(Br)c1. The van der Waals surface area contributed by atoms with E-state index in [0.717, 1.165) is 20.4 Å². The predicted octanol–water partition coefficient (Wildman–Crippen LogP) is 4.98. The van der Waals surface area contributed by atoms with Crippen LogP contribution in [-0.4, -0.2) is 23.8 Å². The van der Waals surface area contributed by atoms with Crippen molar-refractivity contribution in [1.82, 2.24) is 4.90 Å². The van der Waals surface area contributed by atoms with Gasteiger partial charge in [-0.3, -0.25) is 9.69 Å². The van der Waals surface area contributed by atoms with Crippen LogP contribution in [0, 0.1) is 0 Å². The lowest BCUT2D eigenvalue weighted by Crippen LogP contribution is -2.35. The fourth-order valence-electron chi connectivity index (χ4n) is 1.91. The zero-order valence-corrected chi connectivity index (χ0v) is 15.3. The number of carbonyl (C=O) groups excluding carboxylic acids is 1. The number of rotatable bonds is 5. The van der Waals surface area contributed by atoms with Gasteiger partial charge < -0.3 is 0 Å². The van der Waals surface area contributed by atoms with Crippen LogP contribution in [0.5, 0.6) is 0 Å². The molecular weight excluding hydrogens is 402 g/mol. The van der Waals surface area contributed by atoms with Crippen LogP contribution in [0.3, 0.4) is 0 Å². The fraction of sp³-hybridized carbons (Fsp3) is 0.267. The fourth-order valence-corrected chi connectivity index (χ4v) is 3.37. The number of carbonyl (C=O) groups is 1. The maximum Gasteiger partial charge on any atom is 0.179 e. The summed E-state index contributed by atoms with van der Waals surface area (Å²) in [5.41, 5.74) is 1.97. The van der Waals surface area contributed by atoms with Gasteiger partial charge in [-0.15, -0.1) is 11.3 Å². The molecule has 5 heteroatoms. The Balaban J connectivity index is 2.04. The first-order valence-corrected chi connectivity index (χ1v) is 8.67. The Morgan fingerprint density at radius 2 is 1.95 bits per heavy atom. The van der Waals surface area contributed by atoms with E-state index in [4.69, 9.17) is 0 Å². The molecule has 1 aromatic carbocycles. The van der Waals surface area contributed by atoms with Gasteiger partial charge in [0.05, 0.1) is 9.83 Å². The second-order valence-corrected chi connectivity index (χ2v) is 7.93. The Hall–Kier alpha value is -0.490. The number of nitrogens with zero attached hydrogens (tertiary/aromatic N) is 1. The van der Waals surface area contributed by atoms with E-state index in [1.54, 1.807) is 11.3 Å². The summed E-state index contributed by atoms with van der Waals surface area (Å²) >= 11 is 8.51. The Morgan fingerprint density at radius 3 is 2.50 bits per heavy atom. The van der Waals surface area contributed by atoms with Crippen LogP contribution >= 0.6 is 43.2 Å². The number of halogens is 2. The van der Waals surface area contributed by atoms with Crippen molar-refractivity contribution in [2.45, 2.75) is 19.5 Å². The highest BCUT2D eigenvalue weighted by atomic mass is 79.9. The number of ketones is 1. The van der Waals surface area contributed by atoms with Crippen LogP contribution in [0.1, 0.15) is 22.8 Å². The van der Waals surface area contributed by atoms with Gasteiger partial charge in [-0.1, -0.05) is 28.1 Å². The first kappa shape index (κ1) is 15.9. The lowest BCUT2D eigenvalue weighted by atomic mass is 10.0. The molecule has 1 atom stereocenters. The summed E-state index contributed by atoms with van der Waals surface area (Å²) in [6.07, 6.45) is 0. The molecule has 1 aromatic heterocycles. The zero-order valence-electron chi connectivity index (χ0n) is 11.3. The molecule has 1 heterocycles. The molecule has 0 radical (unpaired) electrons. The van der Waals surface area contributed by atoms with E-state index in [-0.39, 0.29) is 11.8 Å². The van der Waals surface area contributed by atoms with Gasteiger partial charge >= 0.3 is 0 Å². The predicted molar refractivity (Wildman–Crippen MR) is 91.4 cm³/mol. The van der Waals surface area contributed by atoms with Crippen molar-refractivity contribution in [3.05, 3.63) is 55.1 Å². The minimum absolute atomic E-state index is 0.144. The number of Topliss-reactive ketones (excluding diaryl/α,β-unsaturated/α-hetero) is 1. The van der Waals surface area contributed by atoms with E-state index in [0.29, 0.717) is 0 Å². The Kier molecular flexibility index (Phi) is 5.55. The second kappa shape index (κ2) is 6.98. The highest BCUT2D eigenvalue weighted by molar-refractivity contribution is 9.11. The van der Waals surface area contributed by atoms with Crippen molar-refractivity contribution < 1.29 is 4.79 Å². The standard InChI is InChI=1S/C15H15Br2NOS/c1-10(15(19)12-3-5-13(16)6-4-12)18(2)8-11-7-14(17)20-9-11/h3-7,9-10H,8H2,1-2H3. The van der Waals surface area contributed by atoms with Crippen molar-refractivity contribution in [1.29, 1.82) is 0 Å². The maximum absolute atomic E-state index is 12.4. The summed E-state index contributed by atoms with van der Waals surface area (Å²) < 4.78 is 2.10.